The fourth-order valence-electron chi connectivity index (χ4n) is 2.79. The van der Waals surface area contributed by atoms with E-state index in [0.717, 1.165) is 45.8 Å². The van der Waals surface area contributed by atoms with Crippen molar-refractivity contribution in [2.75, 3.05) is 66.0 Å². The van der Waals surface area contributed by atoms with E-state index in [9.17, 15) is 4.79 Å². The highest BCUT2D eigenvalue weighted by Gasteiger charge is 2.16. The van der Waals surface area contributed by atoms with Gasteiger partial charge in [0.15, 0.2) is 0 Å². The second-order valence-electron chi connectivity index (χ2n) is 5.73. The Morgan fingerprint density at radius 3 is 2.47 bits per heavy atom. The number of nitrogens with one attached hydrogen (secondary N) is 1. The highest BCUT2D eigenvalue weighted by atomic mass is 16.2. The van der Waals surface area contributed by atoms with Crippen LogP contribution in [0.25, 0.3) is 0 Å². The lowest BCUT2D eigenvalue weighted by molar-refractivity contribution is -0.132. The molecule has 2 aliphatic rings. The Morgan fingerprint density at radius 2 is 1.79 bits per heavy atom. The van der Waals surface area contributed by atoms with Crippen LogP contribution in [0.5, 0.6) is 0 Å². The van der Waals surface area contributed by atoms with Gasteiger partial charge < -0.3 is 20.0 Å². The van der Waals surface area contributed by atoms with E-state index < -0.39 is 0 Å². The topological polar surface area (TPSA) is 38.8 Å². The van der Waals surface area contributed by atoms with Crippen LogP contribution >= 0.6 is 0 Å². The Bertz CT molecular complexity index is 273. The van der Waals surface area contributed by atoms with Crippen molar-refractivity contribution in [2.24, 2.45) is 0 Å². The van der Waals surface area contributed by atoms with Crippen LogP contribution in [-0.4, -0.2) is 86.6 Å². The molecule has 0 spiro atoms. The first-order chi connectivity index (χ1) is 9.25. The standard InChI is InChI=1S/C14H28N4O/c1-16(12-13-17-7-2-3-8-17)9-4-14(19)18-10-5-15-6-11-18/h15H,2-13H2,1H3. The number of hydrogen-bond acceptors (Lipinski definition) is 4. The fourth-order valence-corrected chi connectivity index (χ4v) is 2.79. The predicted molar refractivity (Wildman–Crippen MR) is 77.2 cm³/mol. The van der Waals surface area contributed by atoms with Crippen molar-refractivity contribution in [1.29, 1.82) is 0 Å². The first kappa shape index (κ1) is 14.8. The van der Waals surface area contributed by atoms with Crippen LogP contribution < -0.4 is 5.32 Å². The number of likely N-dealkylation sites (N-methyl/N-ethyl adjacent to an activating group) is 1. The smallest absolute Gasteiger partial charge is 0.223 e. The average molecular weight is 268 g/mol. The highest BCUT2D eigenvalue weighted by molar-refractivity contribution is 5.76. The lowest BCUT2D eigenvalue weighted by Crippen LogP contribution is -2.47. The van der Waals surface area contributed by atoms with Gasteiger partial charge in [0, 0.05) is 52.2 Å². The summed E-state index contributed by atoms with van der Waals surface area (Å²) in [5.41, 5.74) is 0. The molecular formula is C14H28N4O. The molecule has 0 radical (unpaired) electrons. The maximum absolute atomic E-state index is 12.0. The average Bonchev–Trinajstić information content (AvgIpc) is 2.96. The number of carbonyl (C=O) groups excluding carboxylic acids is 1. The molecule has 2 heterocycles. The third kappa shape index (κ3) is 5.09. The summed E-state index contributed by atoms with van der Waals surface area (Å²) in [6, 6.07) is 0. The number of amides is 1. The van der Waals surface area contributed by atoms with Crippen LogP contribution in [0.15, 0.2) is 0 Å². The van der Waals surface area contributed by atoms with Crippen molar-refractivity contribution in [1.82, 2.24) is 20.0 Å². The van der Waals surface area contributed by atoms with Gasteiger partial charge in [-0.3, -0.25) is 4.79 Å². The number of hydrogen-bond donors (Lipinski definition) is 1. The minimum Gasteiger partial charge on any atom is -0.340 e. The normalized spacial score (nSPS) is 21.3. The van der Waals surface area contributed by atoms with Gasteiger partial charge in [-0.1, -0.05) is 0 Å². The Balaban J connectivity index is 1.56. The van der Waals surface area contributed by atoms with Gasteiger partial charge in [-0.2, -0.15) is 0 Å². The fraction of sp³-hybridized carbons (Fsp3) is 0.929. The van der Waals surface area contributed by atoms with Gasteiger partial charge in [-0.15, -0.1) is 0 Å². The molecular weight excluding hydrogens is 240 g/mol. The molecule has 2 rings (SSSR count). The summed E-state index contributed by atoms with van der Waals surface area (Å²) in [4.78, 5) is 18.8. The summed E-state index contributed by atoms with van der Waals surface area (Å²) >= 11 is 0. The van der Waals surface area contributed by atoms with Gasteiger partial charge >= 0.3 is 0 Å². The SMILES string of the molecule is CN(CCC(=O)N1CCNCC1)CCN1CCCC1. The number of rotatable bonds is 6. The quantitative estimate of drug-likeness (QED) is 0.726. The summed E-state index contributed by atoms with van der Waals surface area (Å²) < 4.78 is 0. The van der Waals surface area contributed by atoms with Crippen LogP contribution in [0.2, 0.25) is 0 Å². The van der Waals surface area contributed by atoms with Crippen molar-refractivity contribution in [2.45, 2.75) is 19.3 Å². The summed E-state index contributed by atoms with van der Waals surface area (Å²) in [7, 11) is 2.13. The Labute approximate surface area is 116 Å². The molecule has 110 valence electrons. The Hall–Kier alpha value is -0.650. The molecule has 1 N–H and O–H groups in total. The van der Waals surface area contributed by atoms with E-state index in [1.54, 1.807) is 0 Å². The third-order valence-electron chi connectivity index (χ3n) is 4.17. The maximum atomic E-state index is 12.0. The van der Waals surface area contributed by atoms with Crippen molar-refractivity contribution in [3.8, 4) is 0 Å². The van der Waals surface area contributed by atoms with Crippen molar-refractivity contribution in [3.05, 3.63) is 0 Å². The Kier molecular flexibility index (Phi) is 6.07. The molecule has 0 aromatic heterocycles. The van der Waals surface area contributed by atoms with E-state index in [1.165, 1.54) is 25.9 Å². The molecule has 2 aliphatic heterocycles. The molecule has 0 aromatic rings. The molecule has 5 heteroatoms. The third-order valence-corrected chi connectivity index (χ3v) is 4.17. The molecule has 1 amide bonds. The summed E-state index contributed by atoms with van der Waals surface area (Å²) in [5.74, 6) is 0.314. The minimum absolute atomic E-state index is 0.314. The van der Waals surface area contributed by atoms with Crippen LogP contribution in [0.1, 0.15) is 19.3 Å². The number of carbonyl (C=O) groups is 1. The second kappa shape index (κ2) is 7.82. The van der Waals surface area contributed by atoms with Gasteiger partial charge in [0.2, 0.25) is 5.91 Å². The Morgan fingerprint density at radius 1 is 1.11 bits per heavy atom. The lowest BCUT2D eigenvalue weighted by atomic mass is 10.3. The van der Waals surface area contributed by atoms with E-state index in [1.807, 2.05) is 4.90 Å². The second-order valence-corrected chi connectivity index (χ2v) is 5.73. The maximum Gasteiger partial charge on any atom is 0.223 e. The zero-order valence-electron chi connectivity index (χ0n) is 12.2. The number of likely N-dealkylation sites (tertiary alicyclic amines) is 1. The van der Waals surface area contributed by atoms with E-state index in [0.29, 0.717) is 12.3 Å². The molecule has 0 aliphatic carbocycles. The molecule has 0 bridgehead atoms. The van der Waals surface area contributed by atoms with E-state index in [2.05, 4.69) is 22.2 Å². The summed E-state index contributed by atoms with van der Waals surface area (Å²) in [6.45, 7) is 9.25. The summed E-state index contributed by atoms with van der Waals surface area (Å²) in [6.07, 6.45) is 3.37. The monoisotopic (exact) mass is 268 g/mol. The minimum atomic E-state index is 0.314. The van der Waals surface area contributed by atoms with Crippen LogP contribution in [0.3, 0.4) is 0 Å². The first-order valence-electron chi connectivity index (χ1n) is 7.65. The molecule has 5 nitrogen and oxygen atoms in total. The van der Waals surface area contributed by atoms with Gasteiger partial charge in [0.1, 0.15) is 0 Å². The van der Waals surface area contributed by atoms with Crippen molar-refractivity contribution in [3.63, 3.8) is 0 Å². The van der Waals surface area contributed by atoms with Crippen LogP contribution in [0.4, 0.5) is 0 Å². The van der Waals surface area contributed by atoms with E-state index in [-0.39, 0.29) is 0 Å². The molecule has 2 fully saturated rings. The molecule has 0 atom stereocenters. The van der Waals surface area contributed by atoms with Gasteiger partial charge in [-0.05, 0) is 33.0 Å². The largest absolute Gasteiger partial charge is 0.340 e. The molecule has 0 saturated carbocycles. The summed E-state index contributed by atoms with van der Waals surface area (Å²) in [5, 5.41) is 3.28. The molecule has 2 saturated heterocycles. The lowest BCUT2D eigenvalue weighted by Gasteiger charge is -2.28. The van der Waals surface area contributed by atoms with Crippen molar-refractivity contribution < 1.29 is 4.79 Å². The highest BCUT2D eigenvalue weighted by Crippen LogP contribution is 2.06. The van der Waals surface area contributed by atoms with E-state index >= 15 is 0 Å². The zero-order valence-corrected chi connectivity index (χ0v) is 12.2. The van der Waals surface area contributed by atoms with Gasteiger partial charge in [-0.25, -0.2) is 0 Å². The molecule has 0 aromatic carbocycles. The van der Waals surface area contributed by atoms with Gasteiger partial charge in [0.25, 0.3) is 0 Å². The number of piperazine rings is 1. The van der Waals surface area contributed by atoms with Crippen LogP contribution in [-0.2, 0) is 4.79 Å². The predicted octanol–water partition coefficient (Wildman–Crippen LogP) is -0.164. The van der Waals surface area contributed by atoms with Crippen molar-refractivity contribution >= 4 is 5.91 Å². The van der Waals surface area contributed by atoms with Crippen LogP contribution in [0, 0.1) is 0 Å². The molecule has 0 unspecified atom stereocenters. The van der Waals surface area contributed by atoms with Gasteiger partial charge in [0.05, 0.1) is 0 Å². The zero-order chi connectivity index (χ0) is 13.5. The first-order valence-corrected chi connectivity index (χ1v) is 7.65. The number of nitrogens with zero attached hydrogens (tertiary/aromatic N) is 3. The molecule has 19 heavy (non-hydrogen) atoms. The van der Waals surface area contributed by atoms with E-state index in [4.69, 9.17) is 0 Å².